The number of hydrogen-bond donors (Lipinski definition) is 3. The summed E-state index contributed by atoms with van der Waals surface area (Å²) in [4.78, 5) is 24.0. The van der Waals surface area contributed by atoms with Crippen LogP contribution in [-0.2, 0) is 9.59 Å². The Morgan fingerprint density at radius 2 is 1.61 bits per heavy atom. The van der Waals surface area contributed by atoms with E-state index in [2.05, 4.69) is 22.9 Å². The fraction of sp³-hybridized carbons (Fsp3) is 0.364. The monoisotopic (exact) mass is 383 g/mol. The summed E-state index contributed by atoms with van der Waals surface area (Å²) < 4.78 is 5.77. The van der Waals surface area contributed by atoms with E-state index in [1.54, 1.807) is 24.3 Å². The van der Waals surface area contributed by atoms with E-state index in [-0.39, 0.29) is 18.4 Å². The Kier molecular flexibility index (Phi) is 8.85. The number of carbonyl (C=O) groups excluding carboxylic acids is 2. The third kappa shape index (κ3) is 7.31. The predicted molar refractivity (Wildman–Crippen MR) is 114 cm³/mol. The zero-order chi connectivity index (χ0) is 20.2. The molecule has 0 radical (unpaired) electrons. The summed E-state index contributed by atoms with van der Waals surface area (Å²) in [6.07, 6.45) is 3.31. The van der Waals surface area contributed by atoms with Gasteiger partial charge in [0.1, 0.15) is 5.75 Å². The molecule has 0 aliphatic rings. The first-order valence-electron chi connectivity index (χ1n) is 9.77. The average Bonchev–Trinajstić information content (AvgIpc) is 2.68. The van der Waals surface area contributed by atoms with Crippen LogP contribution in [0.3, 0.4) is 0 Å². The Morgan fingerprint density at radius 1 is 0.893 bits per heavy atom. The van der Waals surface area contributed by atoms with Gasteiger partial charge >= 0.3 is 0 Å². The van der Waals surface area contributed by atoms with Gasteiger partial charge in [-0.1, -0.05) is 38.5 Å². The van der Waals surface area contributed by atoms with Crippen molar-refractivity contribution in [3.8, 4) is 5.75 Å². The minimum atomic E-state index is -0.180. The van der Waals surface area contributed by atoms with Crippen molar-refractivity contribution < 1.29 is 14.3 Å². The summed E-state index contributed by atoms with van der Waals surface area (Å²) in [5.41, 5.74) is 2.08. The maximum Gasteiger partial charge on any atom is 0.243 e. The van der Waals surface area contributed by atoms with Crippen molar-refractivity contribution >= 4 is 28.9 Å². The van der Waals surface area contributed by atoms with Gasteiger partial charge in [0.05, 0.1) is 18.8 Å². The molecule has 0 unspecified atom stereocenters. The second kappa shape index (κ2) is 11.6. The first kappa shape index (κ1) is 21.3. The molecule has 0 spiro atoms. The fourth-order valence-corrected chi connectivity index (χ4v) is 2.57. The van der Waals surface area contributed by atoms with Gasteiger partial charge in [-0.3, -0.25) is 9.59 Å². The Balaban J connectivity index is 1.88. The molecule has 2 aromatic carbocycles. The van der Waals surface area contributed by atoms with Gasteiger partial charge in [-0.25, -0.2) is 0 Å². The predicted octanol–water partition coefficient (Wildman–Crippen LogP) is 4.65. The van der Waals surface area contributed by atoms with Gasteiger partial charge in [0, 0.05) is 17.8 Å². The van der Waals surface area contributed by atoms with E-state index in [4.69, 9.17) is 4.74 Å². The highest BCUT2D eigenvalue weighted by atomic mass is 16.5. The molecule has 2 rings (SSSR count). The zero-order valence-corrected chi connectivity index (χ0v) is 16.6. The topological polar surface area (TPSA) is 79.5 Å². The van der Waals surface area contributed by atoms with Crippen LogP contribution in [0, 0.1) is 0 Å². The fourth-order valence-electron chi connectivity index (χ4n) is 2.57. The molecule has 0 aromatic heterocycles. The molecule has 150 valence electrons. The van der Waals surface area contributed by atoms with Crippen LogP contribution in [0.25, 0.3) is 0 Å². The van der Waals surface area contributed by atoms with Gasteiger partial charge in [-0.15, -0.1) is 0 Å². The third-order valence-corrected chi connectivity index (χ3v) is 3.99. The lowest BCUT2D eigenvalue weighted by Crippen LogP contribution is -2.22. The second-order valence-corrected chi connectivity index (χ2v) is 6.48. The van der Waals surface area contributed by atoms with Gasteiger partial charge in [0.15, 0.2) is 0 Å². The molecule has 3 N–H and O–H groups in total. The maximum atomic E-state index is 12.3. The summed E-state index contributed by atoms with van der Waals surface area (Å²) in [5.74, 6) is 0.525. The highest BCUT2D eigenvalue weighted by Gasteiger charge is 2.07. The van der Waals surface area contributed by atoms with Crippen molar-refractivity contribution in [1.29, 1.82) is 0 Å². The van der Waals surface area contributed by atoms with Crippen molar-refractivity contribution in [3.63, 3.8) is 0 Å². The largest absolute Gasteiger partial charge is 0.491 e. The third-order valence-electron chi connectivity index (χ3n) is 3.99. The maximum absolute atomic E-state index is 12.3. The molecule has 0 heterocycles. The van der Waals surface area contributed by atoms with Gasteiger partial charge in [0.2, 0.25) is 11.8 Å². The van der Waals surface area contributed by atoms with Crippen LogP contribution >= 0.6 is 0 Å². The number of carbonyl (C=O) groups is 2. The van der Waals surface area contributed by atoms with Crippen LogP contribution in [0.5, 0.6) is 5.75 Å². The highest BCUT2D eigenvalue weighted by Crippen LogP contribution is 2.24. The van der Waals surface area contributed by atoms with Crippen LogP contribution in [0.2, 0.25) is 0 Å². The molecule has 2 aromatic rings. The number of unbranched alkanes of at least 4 members (excludes halogenated alkanes) is 1. The molecule has 0 aliphatic heterocycles. The molecule has 0 saturated heterocycles. The molecule has 6 nitrogen and oxygen atoms in total. The normalized spacial score (nSPS) is 10.2. The van der Waals surface area contributed by atoms with Crippen LogP contribution in [-0.4, -0.2) is 25.0 Å². The number of amides is 2. The van der Waals surface area contributed by atoms with Crippen molar-refractivity contribution in [3.05, 3.63) is 48.5 Å². The standard InChI is InChI=1S/C22H29N3O3/c1-3-5-14-28-20-13-7-6-12-19(20)23-16-22(27)25-18-11-8-10-17(15-18)24-21(26)9-4-2/h6-8,10-13,15,23H,3-5,9,14,16H2,1-2H3,(H,24,26)(H,25,27). The number of rotatable bonds is 11. The Hall–Kier alpha value is -3.02. The van der Waals surface area contributed by atoms with Crippen LogP contribution < -0.4 is 20.7 Å². The van der Waals surface area contributed by atoms with E-state index in [0.29, 0.717) is 24.4 Å². The van der Waals surface area contributed by atoms with Crippen LogP contribution in [0.1, 0.15) is 39.5 Å². The first-order valence-corrected chi connectivity index (χ1v) is 9.77. The van der Waals surface area contributed by atoms with Gasteiger partial charge in [0.25, 0.3) is 0 Å². The molecular weight excluding hydrogens is 354 g/mol. The number of anilines is 3. The number of para-hydroxylation sites is 2. The summed E-state index contributed by atoms with van der Waals surface area (Å²) in [6.45, 7) is 4.83. The van der Waals surface area contributed by atoms with Crippen molar-refractivity contribution in [2.75, 3.05) is 29.1 Å². The van der Waals surface area contributed by atoms with Crippen LogP contribution in [0.15, 0.2) is 48.5 Å². The molecule has 0 aliphatic carbocycles. The summed E-state index contributed by atoms with van der Waals surface area (Å²) >= 11 is 0. The van der Waals surface area contributed by atoms with E-state index in [1.165, 1.54) is 0 Å². The lowest BCUT2D eigenvalue weighted by atomic mass is 10.2. The number of nitrogens with one attached hydrogen (secondary N) is 3. The lowest BCUT2D eigenvalue weighted by molar-refractivity contribution is -0.116. The highest BCUT2D eigenvalue weighted by molar-refractivity contribution is 5.95. The molecule has 0 atom stereocenters. The second-order valence-electron chi connectivity index (χ2n) is 6.48. The molecule has 6 heteroatoms. The molecular formula is C22H29N3O3. The van der Waals surface area contributed by atoms with Crippen molar-refractivity contribution in [2.45, 2.75) is 39.5 Å². The first-order chi connectivity index (χ1) is 13.6. The zero-order valence-electron chi connectivity index (χ0n) is 16.6. The van der Waals surface area contributed by atoms with Gasteiger partial charge in [-0.2, -0.15) is 0 Å². The molecule has 0 bridgehead atoms. The lowest BCUT2D eigenvalue weighted by Gasteiger charge is -2.13. The van der Waals surface area contributed by atoms with Crippen molar-refractivity contribution in [1.82, 2.24) is 0 Å². The van der Waals surface area contributed by atoms with E-state index >= 15 is 0 Å². The van der Waals surface area contributed by atoms with Gasteiger partial charge in [-0.05, 0) is 43.2 Å². The number of hydrogen-bond acceptors (Lipinski definition) is 4. The van der Waals surface area contributed by atoms with E-state index in [1.807, 2.05) is 31.2 Å². The Bertz CT molecular complexity index is 777. The number of benzene rings is 2. The van der Waals surface area contributed by atoms with E-state index < -0.39 is 0 Å². The average molecular weight is 383 g/mol. The summed E-state index contributed by atoms with van der Waals surface area (Å²) in [6, 6.07) is 14.7. The number of ether oxygens (including phenoxy) is 1. The van der Waals surface area contributed by atoms with Crippen molar-refractivity contribution in [2.24, 2.45) is 0 Å². The summed E-state index contributed by atoms with van der Waals surface area (Å²) in [5, 5.41) is 8.78. The Morgan fingerprint density at radius 3 is 2.32 bits per heavy atom. The smallest absolute Gasteiger partial charge is 0.243 e. The quantitative estimate of drug-likeness (QED) is 0.493. The molecule has 28 heavy (non-hydrogen) atoms. The molecule has 0 fully saturated rings. The Labute approximate surface area is 166 Å². The summed E-state index contributed by atoms with van der Waals surface area (Å²) in [7, 11) is 0. The minimum absolute atomic E-state index is 0.0349. The molecule has 0 saturated carbocycles. The molecule has 2 amide bonds. The SMILES string of the molecule is CCCCOc1ccccc1NCC(=O)Nc1cccc(NC(=O)CCC)c1. The van der Waals surface area contributed by atoms with Crippen LogP contribution in [0.4, 0.5) is 17.1 Å². The van der Waals surface area contributed by atoms with E-state index in [0.717, 1.165) is 30.7 Å². The van der Waals surface area contributed by atoms with E-state index in [9.17, 15) is 9.59 Å². The minimum Gasteiger partial charge on any atom is -0.491 e. The van der Waals surface area contributed by atoms with Gasteiger partial charge < -0.3 is 20.7 Å².